The molecule has 2 unspecified atom stereocenters. The molecule has 2 aromatic rings. The van der Waals surface area contributed by atoms with E-state index in [-0.39, 0.29) is 11.9 Å². The van der Waals surface area contributed by atoms with E-state index in [1.54, 1.807) is 6.20 Å². The quantitative estimate of drug-likeness (QED) is 0.921. The summed E-state index contributed by atoms with van der Waals surface area (Å²) >= 11 is 0. The Kier molecular flexibility index (Phi) is 3.88. The fourth-order valence-corrected chi connectivity index (χ4v) is 3.08. The van der Waals surface area contributed by atoms with Gasteiger partial charge in [-0.15, -0.1) is 0 Å². The zero-order valence-corrected chi connectivity index (χ0v) is 12.3. The van der Waals surface area contributed by atoms with Crippen LogP contribution in [0.2, 0.25) is 0 Å². The van der Waals surface area contributed by atoms with Gasteiger partial charge in [0.05, 0.1) is 5.52 Å². The number of benzene rings is 1. The molecule has 1 fully saturated rings. The van der Waals surface area contributed by atoms with Crippen LogP contribution in [0.25, 0.3) is 10.9 Å². The molecule has 4 heteroatoms. The van der Waals surface area contributed by atoms with Crippen LogP contribution in [0.3, 0.4) is 0 Å². The lowest BCUT2D eigenvalue weighted by Crippen LogP contribution is -2.45. The van der Waals surface area contributed by atoms with Gasteiger partial charge in [-0.25, -0.2) is 0 Å². The highest BCUT2D eigenvalue weighted by Crippen LogP contribution is 2.23. The summed E-state index contributed by atoms with van der Waals surface area (Å²) in [6.07, 6.45) is 3.89. The molecule has 1 aliphatic rings. The highest BCUT2D eigenvalue weighted by molar-refractivity contribution is 6.06. The fourth-order valence-electron chi connectivity index (χ4n) is 3.08. The summed E-state index contributed by atoms with van der Waals surface area (Å²) in [4.78, 5) is 19.1. The third kappa shape index (κ3) is 2.76. The van der Waals surface area contributed by atoms with Crippen molar-refractivity contribution in [3.63, 3.8) is 0 Å². The van der Waals surface area contributed by atoms with Crippen LogP contribution in [0.1, 0.15) is 30.1 Å². The second-order valence-electron chi connectivity index (χ2n) is 5.89. The van der Waals surface area contributed by atoms with Crippen LogP contribution < -0.4 is 5.73 Å². The number of likely N-dealkylation sites (tertiary alicyclic amines) is 1. The van der Waals surface area contributed by atoms with Gasteiger partial charge >= 0.3 is 0 Å². The maximum absolute atomic E-state index is 12.8. The Morgan fingerprint density at radius 1 is 1.38 bits per heavy atom. The van der Waals surface area contributed by atoms with Gasteiger partial charge < -0.3 is 10.6 Å². The van der Waals surface area contributed by atoms with Crippen molar-refractivity contribution in [2.75, 3.05) is 13.1 Å². The van der Waals surface area contributed by atoms with Crippen LogP contribution in [0.4, 0.5) is 0 Å². The summed E-state index contributed by atoms with van der Waals surface area (Å²) in [5.41, 5.74) is 7.62. The van der Waals surface area contributed by atoms with Crippen molar-refractivity contribution in [2.45, 2.75) is 25.8 Å². The van der Waals surface area contributed by atoms with Crippen molar-refractivity contribution in [1.29, 1.82) is 0 Å². The molecule has 2 heterocycles. The Hall–Kier alpha value is -1.94. The molecule has 2 N–H and O–H groups in total. The van der Waals surface area contributed by atoms with E-state index in [2.05, 4.69) is 4.98 Å². The molecule has 2 atom stereocenters. The number of hydrogen-bond acceptors (Lipinski definition) is 3. The Bertz CT molecular complexity index is 648. The standard InChI is InChI=1S/C17H21N3O/c1-12(18)13-5-4-10-20(11-13)17(21)15-6-2-8-16-14(15)7-3-9-19-16/h2-3,6-9,12-13H,4-5,10-11,18H2,1H3. The van der Waals surface area contributed by atoms with Gasteiger partial charge in [0, 0.05) is 36.3 Å². The molecule has 1 amide bonds. The van der Waals surface area contributed by atoms with E-state index in [9.17, 15) is 4.79 Å². The molecular formula is C17H21N3O. The molecule has 1 aromatic heterocycles. The van der Waals surface area contributed by atoms with E-state index in [1.165, 1.54) is 0 Å². The number of nitrogens with zero attached hydrogens (tertiary/aromatic N) is 2. The number of fused-ring (bicyclic) bond motifs is 1. The van der Waals surface area contributed by atoms with Crippen molar-refractivity contribution in [1.82, 2.24) is 9.88 Å². The first-order chi connectivity index (χ1) is 10.2. The van der Waals surface area contributed by atoms with E-state index in [0.29, 0.717) is 5.92 Å². The van der Waals surface area contributed by atoms with E-state index in [0.717, 1.165) is 42.4 Å². The maximum Gasteiger partial charge on any atom is 0.254 e. The Morgan fingerprint density at radius 3 is 3.05 bits per heavy atom. The molecule has 1 aromatic carbocycles. The molecule has 0 aliphatic carbocycles. The second-order valence-corrected chi connectivity index (χ2v) is 5.89. The summed E-state index contributed by atoms with van der Waals surface area (Å²) < 4.78 is 0. The van der Waals surface area contributed by atoms with Gasteiger partial charge in [0.25, 0.3) is 5.91 Å². The number of amides is 1. The number of hydrogen-bond donors (Lipinski definition) is 1. The second kappa shape index (κ2) is 5.82. The van der Waals surface area contributed by atoms with Crippen molar-refractivity contribution in [2.24, 2.45) is 11.7 Å². The Balaban J connectivity index is 1.90. The first-order valence-corrected chi connectivity index (χ1v) is 7.55. The van der Waals surface area contributed by atoms with Crippen molar-refractivity contribution < 1.29 is 4.79 Å². The number of rotatable bonds is 2. The molecule has 4 nitrogen and oxygen atoms in total. The van der Waals surface area contributed by atoms with E-state index in [4.69, 9.17) is 5.73 Å². The van der Waals surface area contributed by atoms with Crippen LogP contribution in [-0.4, -0.2) is 34.9 Å². The first kappa shape index (κ1) is 14.0. The zero-order valence-electron chi connectivity index (χ0n) is 12.3. The molecular weight excluding hydrogens is 262 g/mol. The smallest absolute Gasteiger partial charge is 0.254 e. The molecule has 21 heavy (non-hydrogen) atoms. The molecule has 0 spiro atoms. The number of nitrogens with two attached hydrogens (primary N) is 1. The van der Waals surface area contributed by atoms with Gasteiger partial charge in [0.2, 0.25) is 0 Å². The number of carbonyl (C=O) groups excluding carboxylic acids is 1. The average molecular weight is 283 g/mol. The van der Waals surface area contributed by atoms with Crippen LogP contribution in [0.15, 0.2) is 36.5 Å². The zero-order chi connectivity index (χ0) is 14.8. The monoisotopic (exact) mass is 283 g/mol. The summed E-state index contributed by atoms with van der Waals surface area (Å²) in [5, 5.41) is 0.924. The van der Waals surface area contributed by atoms with Crippen LogP contribution >= 0.6 is 0 Å². The molecule has 0 bridgehead atoms. The first-order valence-electron chi connectivity index (χ1n) is 7.55. The minimum Gasteiger partial charge on any atom is -0.338 e. The maximum atomic E-state index is 12.8. The SMILES string of the molecule is CC(N)C1CCCN(C(=O)c2cccc3ncccc23)C1. The van der Waals surface area contributed by atoms with Crippen molar-refractivity contribution >= 4 is 16.8 Å². The van der Waals surface area contributed by atoms with Crippen LogP contribution in [-0.2, 0) is 0 Å². The number of aromatic nitrogens is 1. The average Bonchev–Trinajstić information content (AvgIpc) is 2.53. The predicted molar refractivity (Wildman–Crippen MR) is 84.0 cm³/mol. The fraction of sp³-hybridized carbons (Fsp3) is 0.412. The summed E-state index contributed by atoms with van der Waals surface area (Å²) in [5.74, 6) is 0.495. The lowest BCUT2D eigenvalue weighted by molar-refractivity contribution is 0.0663. The summed E-state index contributed by atoms with van der Waals surface area (Å²) in [6.45, 7) is 3.60. The lowest BCUT2D eigenvalue weighted by Gasteiger charge is -2.34. The predicted octanol–water partition coefficient (Wildman–Crippen LogP) is 2.43. The van der Waals surface area contributed by atoms with E-state index in [1.807, 2.05) is 42.2 Å². The van der Waals surface area contributed by atoms with Gasteiger partial charge in [-0.1, -0.05) is 12.1 Å². The highest BCUT2D eigenvalue weighted by atomic mass is 16.2. The molecule has 1 aliphatic heterocycles. The molecule has 3 rings (SSSR count). The molecule has 0 saturated carbocycles. The van der Waals surface area contributed by atoms with Crippen LogP contribution in [0, 0.1) is 5.92 Å². The largest absolute Gasteiger partial charge is 0.338 e. The van der Waals surface area contributed by atoms with E-state index < -0.39 is 0 Å². The summed E-state index contributed by atoms with van der Waals surface area (Å²) in [7, 11) is 0. The van der Waals surface area contributed by atoms with E-state index >= 15 is 0 Å². The van der Waals surface area contributed by atoms with Crippen molar-refractivity contribution in [3.8, 4) is 0 Å². The third-order valence-electron chi connectivity index (χ3n) is 4.36. The minimum absolute atomic E-state index is 0.0963. The number of piperidine rings is 1. The van der Waals surface area contributed by atoms with Gasteiger partial charge in [-0.2, -0.15) is 0 Å². The van der Waals surface area contributed by atoms with Gasteiger partial charge in [-0.05, 0) is 43.9 Å². The molecule has 1 saturated heterocycles. The normalized spacial score (nSPS) is 20.5. The Morgan fingerprint density at radius 2 is 2.24 bits per heavy atom. The third-order valence-corrected chi connectivity index (χ3v) is 4.36. The minimum atomic E-state index is 0.0963. The number of pyridine rings is 1. The highest BCUT2D eigenvalue weighted by Gasteiger charge is 2.27. The van der Waals surface area contributed by atoms with Gasteiger partial charge in [0.1, 0.15) is 0 Å². The van der Waals surface area contributed by atoms with Crippen molar-refractivity contribution in [3.05, 3.63) is 42.1 Å². The van der Waals surface area contributed by atoms with Gasteiger partial charge in [-0.3, -0.25) is 9.78 Å². The number of carbonyl (C=O) groups is 1. The topological polar surface area (TPSA) is 59.2 Å². The molecule has 110 valence electrons. The van der Waals surface area contributed by atoms with Gasteiger partial charge in [0.15, 0.2) is 0 Å². The summed E-state index contributed by atoms with van der Waals surface area (Å²) in [6, 6.07) is 9.70. The Labute approximate surface area is 125 Å². The molecule has 0 radical (unpaired) electrons. The van der Waals surface area contributed by atoms with Crippen LogP contribution in [0.5, 0.6) is 0 Å². The lowest BCUT2D eigenvalue weighted by atomic mass is 9.91.